The molecule has 1 saturated heterocycles. The predicted molar refractivity (Wildman–Crippen MR) is 65.5 cm³/mol. The summed E-state index contributed by atoms with van der Waals surface area (Å²) in [6, 6.07) is 4.26. The Morgan fingerprint density at radius 2 is 2.50 bits per heavy atom. The highest BCUT2D eigenvalue weighted by atomic mass is 32.1. The SMILES string of the molecule is NC(c1cnc2ccsc2c1)C1CCOC1. The van der Waals surface area contributed by atoms with Crippen LogP contribution in [0.1, 0.15) is 18.0 Å². The van der Waals surface area contributed by atoms with Gasteiger partial charge in [-0.3, -0.25) is 4.98 Å². The first kappa shape index (κ1) is 10.2. The molecule has 16 heavy (non-hydrogen) atoms. The summed E-state index contributed by atoms with van der Waals surface area (Å²) in [5.41, 5.74) is 8.43. The van der Waals surface area contributed by atoms with E-state index in [2.05, 4.69) is 16.4 Å². The topological polar surface area (TPSA) is 48.1 Å². The zero-order valence-electron chi connectivity index (χ0n) is 8.93. The maximum atomic E-state index is 6.24. The van der Waals surface area contributed by atoms with Crippen LogP contribution in [0.2, 0.25) is 0 Å². The van der Waals surface area contributed by atoms with Gasteiger partial charge in [-0.25, -0.2) is 0 Å². The largest absolute Gasteiger partial charge is 0.381 e. The van der Waals surface area contributed by atoms with E-state index in [1.807, 2.05) is 12.3 Å². The minimum atomic E-state index is 0.0569. The molecule has 0 amide bonds. The standard InChI is InChI=1S/C12H14N2OS/c13-12(8-1-3-15-7-8)9-5-11-10(14-6-9)2-4-16-11/h2,4-6,8,12H,1,3,7,13H2. The monoisotopic (exact) mass is 234 g/mol. The molecule has 0 aromatic carbocycles. The van der Waals surface area contributed by atoms with Crippen LogP contribution in [-0.4, -0.2) is 18.2 Å². The van der Waals surface area contributed by atoms with Crippen molar-refractivity contribution >= 4 is 21.6 Å². The van der Waals surface area contributed by atoms with Crippen LogP contribution in [-0.2, 0) is 4.74 Å². The molecule has 1 fully saturated rings. The van der Waals surface area contributed by atoms with Crippen LogP contribution in [0.5, 0.6) is 0 Å². The molecule has 2 N–H and O–H groups in total. The third kappa shape index (κ3) is 1.73. The Morgan fingerprint density at radius 1 is 1.56 bits per heavy atom. The van der Waals surface area contributed by atoms with Gasteiger partial charge in [-0.2, -0.15) is 0 Å². The van der Waals surface area contributed by atoms with E-state index >= 15 is 0 Å². The molecule has 0 saturated carbocycles. The number of aromatic nitrogens is 1. The van der Waals surface area contributed by atoms with Crippen LogP contribution >= 0.6 is 11.3 Å². The molecule has 0 bridgehead atoms. The van der Waals surface area contributed by atoms with E-state index in [1.54, 1.807) is 11.3 Å². The molecule has 2 aromatic rings. The maximum absolute atomic E-state index is 6.24. The fraction of sp³-hybridized carbons (Fsp3) is 0.417. The van der Waals surface area contributed by atoms with Gasteiger partial charge in [-0.15, -0.1) is 11.3 Å². The van der Waals surface area contributed by atoms with E-state index in [0.29, 0.717) is 5.92 Å². The number of hydrogen-bond donors (Lipinski definition) is 1. The quantitative estimate of drug-likeness (QED) is 0.867. The second-order valence-corrected chi connectivity index (χ2v) is 5.17. The highest BCUT2D eigenvalue weighted by Gasteiger charge is 2.24. The number of nitrogens with two attached hydrogens (primary N) is 1. The number of fused-ring (bicyclic) bond motifs is 1. The van der Waals surface area contributed by atoms with E-state index < -0.39 is 0 Å². The molecule has 0 radical (unpaired) electrons. The van der Waals surface area contributed by atoms with Crippen molar-refractivity contribution in [3.05, 3.63) is 29.3 Å². The third-order valence-electron chi connectivity index (χ3n) is 3.18. The average molecular weight is 234 g/mol. The summed E-state index contributed by atoms with van der Waals surface area (Å²) >= 11 is 1.71. The number of thiophene rings is 1. The van der Waals surface area contributed by atoms with Gasteiger partial charge in [0.2, 0.25) is 0 Å². The van der Waals surface area contributed by atoms with Crippen LogP contribution in [0.3, 0.4) is 0 Å². The van der Waals surface area contributed by atoms with E-state index in [1.165, 1.54) is 4.70 Å². The molecule has 1 aliphatic rings. The van der Waals surface area contributed by atoms with E-state index in [9.17, 15) is 0 Å². The van der Waals surface area contributed by atoms with E-state index in [0.717, 1.165) is 30.7 Å². The number of nitrogens with zero attached hydrogens (tertiary/aromatic N) is 1. The maximum Gasteiger partial charge on any atom is 0.0809 e. The Morgan fingerprint density at radius 3 is 3.31 bits per heavy atom. The van der Waals surface area contributed by atoms with Crippen molar-refractivity contribution in [1.82, 2.24) is 4.98 Å². The Labute approximate surface area is 98.2 Å². The molecule has 84 valence electrons. The lowest BCUT2D eigenvalue weighted by atomic mass is 9.94. The second kappa shape index (κ2) is 4.13. The summed E-state index contributed by atoms with van der Waals surface area (Å²) in [6.45, 7) is 1.62. The fourth-order valence-corrected chi connectivity index (χ4v) is 2.94. The summed E-state index contributed by atoms with van der Waals surface area (Å²) in [4.78, 5) is 4.42. The summed E-state index contributed by atoms with van der Waals surface area (Å²) in [5, 5.41) is 2.06. The molecule has 1 aliphatic heterocycles. The zero-order chi connectivity index (χ0) is 11.0. The molecule has 2 atom stereocenters. The van der Waals surface area contributed by atoms with Crippen molar-refractivity contribution in [2.24, 2.45) is 11.7 Å². The van der Waals surface area contributed by atoms with Gasteiger partial charge in [0.1, 0.15) is 0 Å². The first-order chi connectivity index (χ1) is 7.84. The van der Waals surface area contributed by atoms with Crippen molar-refractivity contribution in [3.63, 3.8) is 0 Å². The first-order valence-electron chi connectivity index (χ1n) is 5.51. The Kier molecular flexibility index (Phi) is 2.63. The number of hydrogen-bond acceptors (Lipinski definition) is 4. The second-order valence-electron chi connectivity index (χ2n) is 4.22. The molecule has 0 spiro atoms. The van der Waals surface area contributed by atoms with Gasteiger partial charge in [-0.05, 0) is 29.5 Å². The lowest BCUT2D eigenvalue weighted by Crippen LogP contribution is -2.21. The summed E-state index contributed by atoms with van der Waals surface area (Å²) in [6.07, 6.45) is 2.96. The van der Waals surface area contributed by atoms with Crippen LogP contribution in [0.25, 0.3) is 10.2 Å². The van der Waals surface area contributed by atoms with Gasteiger partial charge in [0.15, 0.2) is 0 Å². The lowest BCUT2D eigenvalue weighted by molar-refractivity contribution is 0.181. The normalized spacial score (nSPS) is 22.7. The fourth-order valence-electron chi connectivity index (χ4n) is 2.15. The molecular formula is C12H14N2OS. The molecule has 4 heteroatoms. The third-order valence-corrected chi connectivity index (χ3v) is 4.03. The van der Waals surface area contributed by atoms with Crippen molar-refractivity contribution in [3.8, 4) is 0 Å². The van der Waals surface area contributed by atoms with Crippen molar-refractivity contribution < 1.29 is 4.74 Å². The highest BCUT2D eigenvalue weighted by molar-refractivity contribution is 7.17. The van der Waals surface area contributed by atoms with E-state index in [-0.39, 0.29) is 6.04 Å². The van der Waals surface area contributed by atoms with Gasteiger partial charge < -0.3 is 10.5 Å². The molecule has 2 aromatic heterocycles. The smallest absolute Gasteiger partial charge is 0.0809 e. The predicted octanol–water partition coefficient (Wildman–Crippen LogP) is 2.33. The van der Waals surface area contributed by atoms with Gasteiger partial charge in [0.25, 0.3) is 0 Å². The van der Waals surface area contributed by atoms with Crippen molar-refractivity contribution in [2.75, 3.05) is 13.2 Å². The molecule has 3 nitrogen and oxygen atoms in total. The van der Waals surface area contributed by atoms with Crippen molar-refractivity contribution in [2.45, 2.75) is 12.5 Å². The molecule has 3 heterocycles. The average Bonchev–Trinajstić information content (AvgIpc) is 2.98. The van der Waals surface area contributed by atoms with Crippen LogP contribution in [0.4, 0.5) is 0 Å². The van der Waals surface area contributed by atoms with Crippen LogP contribution in [0.15, 0.2) is 23.7 Å². The Hall–Kier alpha value is -0.970. The minimum absolute atomic E-state index is 0.0569. The van der Waals surface area contributed by atoms with E-state index in [4.69, 9.17) is 10.5 Å². The summed E-state index contributed by atoms with van der Waals surface area (Å²) in [5.74, 6) is 0.444. The summed E-state index contributed by atoms with van der Waals surface area (Å²) in [7, 11) is 0. The Balaban J connectivity index is 1.91. The first-order valence-corrected chi connectivity index (χ1v) is 6.39. The molecule has 3 rings (SSSR count). The van der Waals surface area contributed by atoms with Gasteiger partial charge in [0, 0.05) is 24.8 Å². The number of rotatable bonds is 2. The molecular weight excluding hydrogens is 220 g/mol. The number of pyridine rings is 1. The molecule has 2 unspecified atom stereocenters. The van der Waals surface area contributed by atoms with Gasteiger partial charge in [-0.1, -0.05) is 0 Å². The molecule has 0 aliphatic carbocycles. The highest BCUT2D eigenvalue weighted by Crippen LogP contribution is 2.29. The summed E-state index contributed by atoms with van der Waals surface area (Å²) < 4.78 is 6.59. The zero-order valence-corrected chi connectivity index (χ0v) is 9.74. The number of ether oxygens (including phenoxy) is 1. The van der Waals surface area contributed by atoms with Gasteiger partial charge in [0.05, 0.1) is 16.8 Å². The lowest BCUT2D eigenvalue weighted by Gasteiger charge is -2.17. The minimum Gasteiger partial charge on any atom is -0.381 e. The van der Waals surface area contributed by atoms with Gasteiger partial charge >= 0.3 is 0 Å². The Bertz CT molecular complexity index is 490. The van der Waals surface area contributed by atoms with Crippen LogP contribution in [0, 0.1) is 5.92 Å². The van der Waals surface area contributed by atoms with Crippen molar-refractivity contribution in [1.29, 1.82) is 0 Å². The van der Waals surface area contributed by atoms with Crippen LogP contribution < -0.4 is 5.73 Å².